The summed E-state index contributed by atoms with van der Waals surface area (Å²) in [5.41, 5.74) is 0. The Balaban J connectivity index is 3.23. The maximum atomic E-state index is 9.67. The number of aliphatic hydroxyl groups is 1. The average molecular weight is 200 g/mol. The van der Waals surface area contributed by atoms with Crippen LogP contribution in [0.5, 0.6) is 0 Å². The zero-order chi connectivity index (χ0) is 11.0. The topological polar surface area (TPSA) is 20.2 Å². The minimum Gasteiger partial charge on any atom is -0.393 e. The first-order chi connectivity index (χ1) is 6.52. The fourth-order valence-corrected chi connectivity index (χ4v) is 1.67. The Morgan fingerprint density at radius 3 is 1.36 bits per heavy atom. The van der Waals surface area contributed by atoms with Crippen LogP contribution in [0.3, 0.4) is 0 Å². The summed E-state index contributed by atoms with van der Waals surface area (Å²) in [4.78, 5) is 0. The van der Waals surface area contributed by atoms with Crippen molar-refractivity contribution in [3.8, 4) is 0 Å². The Bertz CT molecular complexity index is 104. The standard InChI is InChI=1S/C13H28O/c1-11(2)7-5-9-13(14)10-6-8-12(3)4/h11-14H,5-10H2,1-4H3. The summed E-state index contributed by atoms with van der Waals surface area (Å²) < 4.78 is 0. The van der Waals surface area contributed by atoms with Crippen LogP contribution in [-0.2, 0) is 0 Å². The summed E-state index contributed by atoms with van der Waals surface area (Å²) in [6, 6.07) is 0. The average Bonchev–Trinajstić information content (AvgIpc) is 2.02. The molecular formula is C13H28O. The fourth-order valence-electron chi connectivity index (χ4n) is 1.67. The van der Waals surface area contributed by atoms with Crippen LogP contribution in [0.2, 0.25) is 0 Å². The Morgan fingerprint density at radius 1 is 0.714 bits per heavy atom. The molecule has 0 spiro atoms. The number of aliphatic hydroxyl groups excluding tert-OH is 1. The van der Waals surface area contributed by atoms with Gasteiger partial charge in [0.15, 0.2) is 0 Å². The van der Waals surface area contributed by atoms with Gasteiger partial charge in [0.05, 0.1) is 6.10 Å². The lowest BCUT2D eigenvalue weighted by atomic mass is 9.99. The number of hydrogen-bond acceptors (Lipinski definition) is 1. The van der Waals surface area contributed by atoms with Crippen LogP contribution >= 0.6 is 0 Å². The van der Waals surface area contributed by atoms with Crippen molar-refractivity contribution < 1.29 is 5.11 Å². The minimum absolute atomic E-state index is 0.0486. The molecule has 0 saturated carbocycles. The molecule has 14 heavy (non-hydrogen) atoms. The quantitative estimate of drug-likeness (QED) is 0.628. The molecule has 0 amide bonds. The highest BCUT2D eigenvalue weighted by Gasteiger charge is 2.05. The largest absolute Gasteiger partial charge is 0.393 e. The van der Waals surface area contributed by atoms with Crippen LogP contribution in [0.25, 0.3) is 0 Å². The summed E-state index contributed by atoms with van der Waals surface area (Å²) in [6.07, 6.45) is 6.81. The fraction of sp³-hybridized carbons (Fsp3) is 1.00. The molecule has 0 aliphatic heterocycles. The van der Waals surface area contributed by atoms with Gasteiger partial charge in [-0.2, -0.15) is 0 Å². The van der Waals surface area contributed by atoms with E-state index in [0.717, 1.165) is 24.7 Å². The molecule has 1 N–H and O–H groups in total. The zero-order valence-electron chi connectivity index (χ0n) is 10.4. The van der Waals surface area contributed by atoms with E-state index in [-0.39, 0.29) is 6.10 Å². The van der Waals surface area contributed by atoms with Gasteiger partial charge in [-0.05, 0) is 24.7 Å². The number of rotatable bonds is 8. The molecule has 0 aromatic heterocycles. The second-order valence-electron chi connectivity index (χ2n) is 5.30. The molecule has 0 saturated heterocycles. The summed E-state index contributed by atoms with van der Waals surface area (Å²) in [6.45, 7) is 8.96. The molecule has 0 rings (SSSR count). The Hall–Kier alpha value is -0.0400. The molecular weight excluding hydrogens is 172 g/mol. The zero-order valence-corrected chi connectivity index (χ0v) is 10.4. The van der Waals surface area contributed by atoms with E-state index in [4.69, 9.17) is 0 Å². The van der Waals surface area contributed by atoms with Crippen LogP contribution < -0.4 is 0 Å². The van der Waals surface area contributed by atoms with E-state index >= 15 is 0 Å². The lowest BCUT2D eigenvalue weighted by Gasteiger charge is -2.12. The molecule has 0 atom stereocenters. The highest BCUT2D eigenvalue weighted by molar-refractivity contribution is 4.58. The van der Waals surface area contributed by atoms with Gasteiger partial charge in [-0.1, -0.05) is 53.4 Å². The molecule has 0 aliphatic carbocycles. The molecule has 0 aromatic rings. The smallest absolute Gasteiger partial charge is 0.0540 e. The Morgan fingerprint density at radius 2 is 1.07 bits per heavy atom. The molecule has 1 heteroatoms. The third kappa shape index (κ3) is 10.0. The van der Waals surface area contributed by atoms with Gasteiger partial charge in [0, 0.05) is 0 Å². The van der Waals surface area contributed by atoms with Gasteiger partial charge in [0.1, 0.15) is 0 Å². The van der Waals surface area contributed by atoms with Crippen molar-refractivity contribution in [1.29, 1.82) is 0 Å². The summed E-state index contributed by atoms with van der Waals surface area (Å²) in [5, 5.41) is 9.67. The first-order valence-electron chi connectivity index (χ1n) is 6.20. The third-order valence-corrected chi connectivity index (χ3v) is 2.64. The molecule has 0 fully saturated rings. The van der Waals surface area contributed by atoms with Crippen molar-refractivity contribution in [2.75, 3.05) is 0 Å². The first kappa shape index (κ1) is 14.0. The van der Waals surface area contributed by atoms with Crippen LogP contribution in [0, 0.1) is 11.8 Å². The third-order valence-electron chi connectivity index (χ3n) is 2.64. The summed E-state index contributed by atoms with van der Waals surface area (Å²) in [7, 11) is 0. The molecule has 86 valence electrons. The Kier molecular flexibility index (Phi) is 8.26. The minimum atomic E-state index is -0.0486. The van der Waals surface area contributed by atoms with E-state index in [1.54, 1.807) is 0 Å². The van der Waals surface area contributed by atoms with Gasteiger partial charge in [0.2, 0.25) is 0 Å². The van der Waals surface area contributed by atoms with E-state index in [1.807, 2.05) is 0 Å². The summed E-state index contributed by atoms with van der Waals surface area (Å²) in [5.74, 6) is 1.55. The van der Waals surface area contributed by atoms with Crippen molar-refractivity contribution in [1.82, 2.24) is 0 Å². The van der Waals surface area contributed by atoms with Crippen molar-refractivity contribution in [2.45, 2.75) is 72.3 Å². The van der Waals surface area contributed by atoms with E-state index < -0.39 is 0 Å². The van der Waals surface area contributed by atoms with Crippen molar-refractivity contribution in [3.63, 3.8) is 0 Å². The van der Waals surface area contributed by atoms with Gasteiger partial charge in [-0.15, -0.1) is 0 Å². The SMILES string of the molecule is CC(C)CCCC(O)CCCC(C)C. The molecule has 0 aromatic carbocycles. The van der Waals surface area contributed by atoms with E-state index in [0.29, 0.717) is 0 Å². The van der Waals surface area contributed by atoms with E-state index in [9.17, 15) is 5.11 Å². The molecule has 1 nitrogen and oxygen atoms in total. The predicted octanol–water partition coefficient (Wildman–Crippen LogP) is 4.00. The van der Waals surface area contributed by atoms with Crippen molar-refractivity contribution in [3.05, 3.63) is 0 Å². The van der Waals surface area contributed by atoms with Crippen LogP contribution in [-0.4, -0.2) is 11.2 Å². The normalized spacial score (nSPS) is 12.0. The van der Waals surface area contributed by atoms with Crippen LogP contribution in [0.15, 0.2) is 0 Å². The second-order valence-corrected chi connectivity index (χ2v) is 5.30. The molecule has 0 bridgehead atoms. The van der Waals surface area contributed by atoms with Crippen LogP contribution in [0.1, 0.15) is 66.2 Å². The molecule has 0 unspecified atom stereocenters. The lowest BCUT2D eigenvalue weighted by molar-refractivity contribution is 0.145. The highest BCUT2D eigenvalue weighted by Crippen LogP contribution is 2.14. The molecule has 0 radical (unpaired) electrons. The second kappa shape index (κ2) is 8.28. The first-order valence-corrected chi connectivity index (χ1v) is 6.20. The van der Waals surface area contributed by atoms with Gasteiger partial charge in [0.25, 0.3) is 0 Å². The lowest BCUT2D eigenvalue weighted by Crippen LogP contribution is -2.07. The highest BCUT2D eigenvalue weighted by atomic mass is 16.3. The maximum Gasteiger partial charge on any atom is 0.0540 e. The molecule has 0 heterocycles. The van der Waals surface area contributed by atoms with Crippen molar-refractivity contribution in [2.24, 2.45) is 11.8 Å². The molecule has 0 aliphatic rings. The van der Waals surface area contributed by atoms with Gasteiger partial charge in [-0.3, -0.25) is 0 Å². The maximum absolute atomic E-state index is 9.67. The number of hydrogen-bond donors (Lipinski definition) is 1. The van der Waals surface area contributed by atoms with Gasteiger partial charge < -0.3 is 5.11 Å². The van der Waals surface area contributed by atoms with E-state index in [2.05, 4.69) is 27.7 Å². The van der Waals surface area contributed by atoms with Gasteiger partial charge in [-0.25, -0.2) is 0 Å². The Labute approximate surface area is 89.9 Å². The van der Waals surface area contributed by atoms with Crippen LogP contribution in [0.4, 0.5) is 0 Å². The van der Waals surface area contributed by atoms with Gasteiger partial charge >= 0.3 is 0 Å². The summed E-state index contributed by atoms with van der Waals surface area (Å²) >= 11 is 0. The predicted molar refractivity (Wildman–Crippen MR) is 63.4 cm³/mol. The monoisotopic (exact) mass is 200 g/mol. The van der Waals surface area contributed by atoms with E-state index in [1.165, 1.54) is 25.7 Å². The van der Waals surface area contributed by atoms with Crippen molar-refractivity contribution >= 4 is 0 Å².